The van der Waals surface area contributed by atoms with Gasteiger partial charge in [0.15, 0.2) is 5.82 Å². The number of anilines is 1. The number of carbonyl (C=O) groups is 1. The molecule has 1 atom stereocenters. The summed E-state index contributed by atoms with van der Waals surface area (Å²) < 4.78 is 5.63. The summed E-state index contributed by atoms with van der Waals surface area (Å²) in [6.45, 7) is 0.150. The molecule has 1 aliphatic rings. The van der Waals surface area contributed by atoms with Gasteiger partial charge in [0.1, 0.15) is 6.10 Å². The minimum absolute atomic E-state index is 0.174. The molecule has 5 nitrogen and oxygen atoms in total. The van der Waals surface area contributed by atoms with Crippen molar-refractivity contribution >= 4 is 27.8 Å². The number of rotatable bonds is 2. The van der Waals surface area contributed by atoms with E-state index in [0.717, 1.165) is 4.47 Å². The zero-order valence-electron chi connectivity index (χ0n) is 7.76. The quantitative estimate of drug-likeness (QED) is 0.878. The average Bonchev–Trinajstić information content (AvgIpc) is 2.60. The number of aromatic nitrogens is 1. The Morgan fingerprint density at radius 2 is 2.53 bits per heavy atom. The smallest absolute Gasteiger partial charge is 0.416 e. The number of pyridine rings is 1. The Kier molecular flexibility index (Phi) is 2.88. The summed E-state index contributed by atoms with van der Waals surface area (Å²) in [5, 5.41) is 8.88. The Morgan fingerprint density at radius 1 is 1.73 bits per heavy atom. The number of aliphatic hydroxyl groups is 1. The Morgan fingerprint density at radius 3 is 3.13 bits per heavy atom. The summed E-state index contributed by atoms with van der Waals surface area (Å²) in [4.78, 5) is 16.9. The molecule has 1 N–H and O–H groups in total. The summed E-state index contributed by atoms with van der Waals surface area (Å²) in [5.41, 5.74) is 0. The first-order chi connectivity index (χ1) is 7.22. The van der Waals surface area contributed by atoms with E-state index in [1.165, 1.54) is 4.90 Å². The number of carbonyl (C=O) groups excluding carboxylic acids is 1. The highest BCUT2D eigenvalue weighted by Gasteiger charge is 2.33. The zero-order valence-corrected chi connectivity index (χ0v) is 9.35. The molecule has 0 bridgehead atoms. The summed E-state index contributed by atoms with van der Waals surface area (Å²) in [6, 6.07) is 3.56. The van der Waals surface area contributed by atoms with E-state index in [-0.39, 0.29) is 6.61 Å². The van der Waals surface area contributed by atoms with Crippen LogP contribution in [0.15, 0.2) is 22.8 Å². The highest BCUT2D eigenvalue weighted by molar-refractivity contribution is 9.10. The van der Waals surface area contributed by atoms with E-state index in [1.54, 1.807) is 18.3 Å². The van der Waals surface area contributed by atoms with Crippen LogP contribution in [0.25, 0.3) is 0 Å². The number of aliphatic hydroxyl groups excluding tert-OH is 1. The van der Waals surface area contributed by atoms with Gasteiger partial charge in [-0.3, -0.25) is 4.90 Å². The first-order valence-corrected chi connectivity index (χ1v) is 5.21. The van der Waals surface area contributed by atoms with Crippen molar-refractivity contribution in [2.45, 2.75) is 6.10 Å². The van der Waals surface area contributed by atoms with Gasteiger partial charge in [0, 0.05) is 6.20 Å². The lowest BCUT2D eigenvalue weighted by atomic mass is 10.3. The third-order valence-corrected chi connectivity index (χ3v) is 2.69. The van der Waals surface area contributed by atoms with Crippen molar-refractivity contribution in [3.05, 3.63) is 22.8 Å². The fourth-order valence-electron chi connectivity index (χ4n) is 1.37. The van der Waals surface area contributed by atoms with Gasteiger partial charge in [-0.1, -0.05) is 0 Å². The molecule has 1 aromatic rings. The Hall–Kier alpha value is -1.14. The molecule has 1 aliphatic heterocycles. The molecular formula is C9H9BrN2O3. The van der Waals surface area contributed by atoms with Crippen molar-refractivity contribution in [1.29, 1.82) is 0 Å². The van der Waals surface area contributed by atoms with E-state index in [0.29, 0.717) is 12.4 Å². The second-order valence-electron chi connectivity index (χ2n) is 3.11. The average molecular weight is 273 g/mol. The van der Waals surface area contributed by atoms with Gasteiger partial charge >= 0.3 is 6.09 Å². The van der Waals surface area contributed by atoms with Crippen LogP contribution in [0.3, 0.4) is 0 Å². The minimum atomic E-state index is -0.478. The second kappa shape index (κ2) is 4.16. The SMILES string of the molecule is O=C1O[C@@H](CO)CN1c1ncccc1Br. The molecule has 15 heavy (non-hydrogen) atoms. The van der Waals surface area contributed by atoms with Gasteiger partial charge in [0.2, 0.25) is 0 Å². The van der Waals surface area contributed by atoms with Crippen molar-refractivity contribution in [3.63, 3.8) is 0 Å². The number of cyclic esters (lactones) is 1. The molecular weight excluding hydrogens is 264 g/mol. The van der Waals surface area contributed by atoms with Gasteiger partial charge in [-0.2, -0.15) is 0 Å². The maximum absolute atomic E-state index is 11.4. The number of ether oxygens (including phenoxy) is 1. The van der Waals surface area contributed by atoms with Crippen molar-refractivity contribution in [2.24, 2.45) is 0 Å². The molecule has 6 heteroatoms. The maximum atomic E-state index is 11.4. The largest absolute Gasteiger partial charge is 0.441 e. The van der Waals surface area contributed by atoms with Crippen LogP contribution in [-0.4, -0.2) is 35.4 Å². The third kappa shape index (κ3) is 1.95. The van der Waals surface area contributed by atoms with Gasteiger partial charge in [-0.15, -0.1) is 0 Å². The topological polar surface area (TPSA) is 62.7 Å². The molecule has 0 saturated carbocycles. The summed E-state index contributed by atoms with van der Waals surface area (Å²) in [5.74, 6) is 0.512. The van der Waals surface area contributed by atoms with E-state index in [2.05, 4.69) is 20.9 Å². The van der Waals surface area contributed by atoms with Crippen LogP contribution >= 0.6 is 15.9 Å². The van der Waals surface area contributed by atoms with E-state index >= 15 is 0 Å². The fraction of sp³-hybridized carbons (Fsp3) is 0.333. The highest BCUT2D eigenvalue weighted by atomic mass is 79.9. The first-order valence-electron chi connectivity index (χ1n) is 4.42. The van der Waals surface area contributed by atoms with Crippen molar-refractivity contribution in [3.8, 4) is 0 Å². The minimum Gasteiger partial charge on any atom is -0.441 e. The standard InChI is InChI=1S/C9H9BrN2O3/c10-7-2-1-3-11-8(7)12-4-6(5-13)15-9(12)14/h1-3,6,13H,4-5H2/t6-/m1/s1. The predicted molar refractivity (Wildman–Crippen MR) is 56.6 cm³/mol. The van der Waals surface area contributed by atoms with Crippen LogP contribution in [0.1, 0.15) is 0 Å². The van der Waals surface area contributed by atoms with E-state index in [4.69, 9.17) is 9.84 Å². The molecule has 0 unspecified atom stereocenters. The highest BCUT2D eigenvalue weighted by Crippen LogP contribution is 2.26. The third-order valence-electron chi connectivity index (χ3n) is 2.07. The maximum Gasteiger partial charge on any atom is 0.416 e. The molecule has 1 fully saturated rings. The Balaban J connectivity index is 2.25. The lowest BCUT2D eigenvalue weighted by Gasteiger charge is -2.12. The molecule has 0 radical (unpaired) electrons. The van der Waals surface area contributed by atoms with E-state index in [9.17, 15) is 4.79 Å². The van der Waals surface area contributed by atoms with E-state index < -0.39 is 12.2 Å². The van der Waals surface area contributed by atoms with Crippen LogP contribution in [0.5, 0.6) is 0 Å². The van der Waals surface area contributed by atoms with Crippen LogP contribution in [0.4, 0.5) is 10.6 Å². The first kappa shape index (κ1) is 10.4. The molecule has 0 aromatic carbocycles. The monoisotopic (exact) mass is 272 g/mol. The number of hydrogen-bond acceptors (Lipinski definition) is 4. The number of nitrogens with zero attached hydrogens (tertiary/aromatic N) is 2. The van der Waals surface area contributed by atoms with Crippen molar-refractivity contribution in [1.82, 2.24) is 4.98 Å². The van der Waals surface area contributed by atoms with Gasteiger partial charge in [0.25, 0.3) is 0 Å². The fourth-order valence-corrected chi connectivity index (χ4v) is 1.83. The molecule has 2 rings (SSSR count). The van der Waals surface area contributed by atoms with Crippen LogP contribution in [0.2, 0.25) is 0 Å². The molecule has 1 saturated heterocycles. The molecule has 2 heterocycles. The predicted octanol–water partition coefficient (Wildman–Crippen LogP) is 1.16. The molecule has 0 aliphatic carbocycles. The summed E-state index contributed by atoms with van der Waals surface area (Å²) in [7, 11) is 0. The second-order valence-corrected chi connectivity index (χ2v) is 3.96. The van der Waals surface area contributed by atoms with E-state index in [1.807, 2.05) is 0 Å². The number of amides is 1. The molecule has 1 amide bonds. The van der Waals surface area contributed by atoms with Crippen LogP contribution in [0, 0.1) is 0 Å². The zero-order chi connectivity index (χ0) is 10.8. The molecule has 0 spiro atoms. The summed E-state index contributed by atoms with van der Waals surface area (Å²) in [6.07, 6.45) is 0.652. The Bertz CT molecular complexity index is 385. The normalized spacial score (nSPS) is 20.5. The number of halogens is 1. The van der Waals surface area contributed by atoms with Crippen molar-refractivity contribution in [2.75, 3.05) is 18.1 Å². The van der Waals surface area contributed by atoms with Gasteiger partial charge in [-0.05, 0) is 28.1 Å². The Labute approximate surface area is 94.8 Å². The van der Waals surface area contributed by atoms with Gasteiger partial charge in [0.05, 0.1) is 17.6 Å². The van der Waals surface area contributed by atoms with Gasteiger partial charge in [-0.25, -0.2) is 9.78 Å². The summed E-state index contributed by atoms with van der Waals surface area (Å²) >= 11 is 3.30. The lowest BCUT2D eigenvalue weighted by Crippen LogP contribution is -2.26. The van der Waals surface area contributed by atoms with Crippen molar-refractivity contribution < 1.29 is 14.6 Å². The van der Waals surface area contributed by atoms with Crippen LogP contribution in [-0.2, 0) is 4.74 Å². The number of hydrogen-bond donors (Lipinski definition) is 1. The van der Waals surface area contributed by atoms with Gasteiger partial charge < -0.3 is 9.84 Å². The van der Waals surface area contributed by atoms with Crippen LogP contribution < -0.4 is 4.90 Å². The lowest BCUT2D eigenvalue weighted by molar-refractivity contribution is 0.0963. The molecule has 80 valence electrons. The molecule has 1 aromatic heterocycles.